The van der Waals surface area contributed by atoms with E-state index in [1.807, 2.05) is 0 Å². The van der Waals surface area contributed by atoms with Gasteiger partial charge in [-0.1, -0.05) is 54.4 Å². The number of hydrogen-bond donors (Lipinski definition) is 1. The second kappa shape index (κ2) is 7.84. The Balaban J connectivity index is 2.81. The number of non-ortho nitro benzene ring substituents is 1. The van der Waals surface area contributed by atoms with Crippen LogP contribution in [0.15, 0.2) is 24.3 Å². The molecule has 1 aromatic carbocycles. The fourth-order valence-electron chi connectivity index (χ4n) is 1.73. The lowest BCUT2D eigenvalue weighted by atomic mass is 10.1. The Kier molecular flexibility index (Phi) is 6.96. The summed E-state index contributed by atoms with van der Waals surface area (Å²) in [4.78, 5) is 10.2. The Morgan fingerprint density at radius 1 is 1.27 bits per heavy atom. The molecule has 1 aromatic rings. The van der Waals surface area contributed by atoms with Gasteiger partial charge < -0.3 is 0 Å². The molecule has 0 radical (unpaired) electrons. The number of nitro groups is 1. The Labute approximate surface area is 146 Å². The van der Waals surface area contributed by atoms with Gasteiger partial charge >= 0.3 is 0 Å². The number of nitro benzene ring substituents is 1. The van der Waals surface area contributed by atoms with Crippen LogP contribution in [-0.4, -0.2) is 31.6 Å². The summed E-state index contributed by atoms with van der Waals surface area (Å²) < 4.78 is 27.6. The molecule has 0 aromatic heterocycles. The zero-order valence-electron chi connectivity index (χ0n) is 12.9. The van der Waals surface area contributed by atoms with Crippen LogP contribution in [0.5, 0.6) is 0 Å². The van der Waals surface area contributed by atoms with Crippen LogP contribution in [0.4, 0.5) is 5.69 Å². The number of alkyl halides is 1. The van der Waals surface area contributed by atoms with Crippen molar-refractivity contribution in [3.05, 3.63) is 39.9 Å². The van der Waals surface area contributed by atoms with E-state index in [0.29, 0.717) is 10.5 Å². The topological polar surface area (TPSA) is 89.3 Å². The summed E-state index contributed by atoms with van der Waals surface area (Å²) in [7, 11) is -4.78. The van der Waals surface area contributed by atoms with E-state index in [2.05, 4.69) is 47.0 Å². The van der Waals surface area contributed by atoms with E-state index < -0.39 is 23.0 Å². The Morgan fingerprint density at radius 3 is 2.23 bits per heavy atom. The fourth-order valence-corrected chi connectivity index (χ4v) is 7.06. The predicted octanol–water partition coefficient (Wildman–Crippen LogP) is 3.33. The van der Waals surface area contributed by atoms with Gasteiger partial charge in [-0.05, 0) is 11.6 Å². The van der Waals surface area contributed by atoms with Crippen molar-refractivity contribution in [3.8, 4) is 0 Å². The van der Waals surface area contributed by atoms with Crippen LogP contribution >= 0.6 is 22.6 Å². The van der Waals surface area contributed by atoms with E-state index in [4.69, 9.17) is 0 Å². The molecular weight excluding hydrogens is 435 g/mol. The van der Waals surface area contributed by atoms with Gasteiger partial charge in [-0.2, -0.15) is 0 Å². The minimum absolute atomic E-state index is 0.00227. The van der Waals surface area contributed by atoms with Crippen molar-refractivity contribution in [3.63, 3.8) is 0 Å². The number of benzene rings is 1. The van der Waals surface area contributed by atoms with Crippen molar-refractivity contribution in [2.75, 3.05) is 10.2 Å². The molecule has 9 heteroatoms. The van der Waals surface area contributed by atoms with Gasteiger partial charge in [0.05, 0.1) is 16.7 Å². The van der Waals surface area contributed by atoms with Gasteiger partial charge in [-0.25, -0.2) is 13.1 Å². The molecule has 1 unspecified atom stereocenters. The number of nitrogens with one attached hydrogen (secondary N) is 1. The van der Waals surface area contributed by atoms with Gasteiger partial charge in [-0.3, -0.25) is 10.1 Å². The first-order valence-electron chi connectivity index (χ1n) is 6.84. The van der Waals surface area contributed by atoms with Gasteiger partial charge in [0, 0.05) is 24.6 Å². The van der Waals surface area contributed by atoms with Crippen LogP contribution in [0.25, 0.3) is 0 Å². The van der Waals surface area contributed by atoms with E-state index in [-0.39, 0.29) is 17.5 Å². The third-order valence-corrected chi connectivity index (χ3v) is 7.48. The molecule has 0 aliphatic heterocycles. The molecule has 0 spiro atoms. The minimum Gasteiger partial charge on any atom is -0.258 e. The third kappa shape index (κ3) is 6.71. The van der Waals surface area contributed by atoms with Crippen molar-refractivity contribution in [2.24, 2.45) is 0 Å². The zero-order valence-corrected chi connectivity index (χ0v) is 16.8. The largest absolute Gasteiger partial charge is 0.269 e. The Morgan fingerprint density at radius 2 is 1.82 bits per heavy atom. The van der Waals surface area contributed by atoms with Crippen molar-refractivity contribution < 1.29 is 13.3 Å². The summed E-state index contributed by atoms with van der Waals surface area (Å²) in [5.74, 6) is 0.128. The van der Waals surface area contributed by atoms with Crippen LogP contribution in [0.3, 0.4) is 0 Å². The number of nitrogens with zero attached hydrogens (tertiary/aromatic N) is 1. The van der Waals surface area contributed by atoms with Gasteiger partial charge in [-0.15, -0.1) is 0 Å². The second-order valence-corrected chi connectivity index (χ2v) is 14.7. The summed E-state index contributed by atoms with van der Waals surface area (Å²) in [5, 5.41) is 10.7. The predicted molar refractivity (Wildman–Crippen MR) is 99.8 cm³/mol. The highest BCUT2D eigenvalue weighted by Crippen LogP contribution is 2.21. The van der Waals surface area contributed by atoms with E-state index in [1.165, 1.54) is 12.1 Å². The summed E-state index contributed by atoms with van der Waals surface area (Å²) in [6, 6.07) is 6.32. The van der Waals surface area contributed by atoms with Crippen LogP contribution < -0.4 is 4.72 Å². The molecule has 124 valence electrons. The standard InChI is InChI=1S/C13H21IN2O4SSi/c1-22(2,3)9-8-21(19,20)15-13(10-14)11-4-6-12(7-5-11)16(17)18/h4-7,13,15H,8-10H2,1-3H3. The lowest BCUT2D eigenvalue weighted by molar-refractivity contribution is -0.384. The molecule has 0 fully saturated rings. The number of sulfonamides is 1. The van der Waals surface area contributed by atoms with Crippen LogP contribution in [0, 0.1) is 10.1 Å². The fraction of sp³-hybridized carbons (Fsp3) is 0.538. The molecule has 6 nitrogen and oxygen atoms in total. The molecule has 1 rings (SSSR count). The van der Waals surface area contributed by atoms with Crippen molar-refractivity contribution in [1.82, 2.24) is 4.72 Å². The van der Waals surface area contributed by atoms with Crippen LogP contribution in [0.2, 0.25) is 25.7 Å². The molecule has 0 amide bonds. The van der Waals surface area contributed by atoms with Crippen LogP contribution in [-0.2, 0) is 10.0 Å². The maximum Gasteiger partial charge on any atom is 0.269 e. The van der Waals surface area contributed by atoms with Gasteiger partial charge in [0.25, 0.3) is 5.69 Å². The molecule has 1 atom stereocenters. The Bertz CT molecular complexity index is 614. The zero-order chi connectivity index (χ0) is 17.0. The maximum absolute atomic E-state index is 12.2. The molecule has 0 saturated carbocycles. The first-order chi connectivity index (χ1) is 10.0. The van der Waals surface area contributed by atoms with E-state index in [9.17, 15) is 18.5 Å². The second-order valence-electron chi connectivity index (χ2n) is 6.30. The van der Waals surface area contributed by atoms with Gasteiger partial charge in [0.15, 0.2) is 0 Å². The van der Waals surface area contributed by atoms with Gasteiger partial charge in [0.1, 0.15) is 0 Å². The summed E-state index contributed by atoms with van der Waals surface area (Å²) in [6.45, 7) is 6.40. The van der Waals surface area contributed by atoms with E-state index >= 15 is 0 Å². The molecule has 0 heterocycles. The molecule has 1 N–H and O–H groups in total. The number of hydrogen-bond acceptors (Lipinski definition) is 4. The third-order valence-electron chi connectivity index (χ3n) is 3.10. The molecule has 0 saturated heterocycles. The summed E-state index contributed by atoms with van der Waals surface area (Å²) in [6.07, 6.45) is 0. The maximum atomic E-state index is 12.2. The highest BCUT2D eigenvalue weighted by Gasteiger charge is 2.22. The molecule has 0 aliphatic rings. The van der Waals surface area contributed by atoms with E-state index in [0.717, 1.165) is 5.56 Å². The molecular formula is C13H21IN2O4SSi. The first-order valence-corrected chi connectivity index (χ1v) is 13.7. The van der Waals surface area contributed by atoms with E-state index in [1.54, 1.807) is 12.1 Å². The summed E-state index contributed by atoms with van der Waals surface area (Å²) in [5.41, 5.74) is 0.731. The SMILES string of the molecule is C[Si](C)(C)CCS(=O)(=O)NC(CI)c1ccc([N+](=O)[O-])cc1. The normalized spacial score (nSPS) is 13.8. The minimum atomic E-state index is -3.35. The van der Waals surface area contributed by atoms with Crippen molar-refractivity contribution in [1.29, 1.82) is 0 Å². The monoisotopic (exact) mass is 456 g/mol. The highest BCUT2D eigenvalue weighted by molar-refractivity contribution is 14.1. The smallest absolute Gasteiger partial charge is 0.258 e. The quantitative estimate of drug-likeness (QED) is 0.214. The molecule has 0 aliphatic carbocycles. The highest BCUT2D eigenvalue weighted by atomic mass is 127. The first kappa shape index (κ1) is 19.5. The molecule has 22 heavy (non-hydrogen) atoms. The average Bonchev–Trinajstić information content (AvgIpc) is 2.42. The van der Waals surface area contributed by atoms with Crippen molar-refractivity contribution in [2.45, 2.75) is 31.7 Å². The lowest BCUT2D eigenvalue weighted by Crippen LogP contribution is -2.34. The lowest BCUT2D eigenvalue weighted by Gasteiger charge is -2.19. The van der Waals surface area contributed by atoms with Gasteiger partial charge in [0.2, 0.25) is 10.0 Å². The Hall–Kier alpha value is -0.523. The van der Waals surface area contributed by atoms with Crippen LogP contribution in [0.1, 0.15) is 11.6 Å². The number of rotatable bonds is 8. The van der Waals surface area contributed by atoms with Crippen molar-refractivity contribution >= 4 is 46.4 Å². The number of halogens is 1. The average molecular weight is 456 g/mol. The molecule has 0 bridgehead atoms. The summed E-state index contributed by atoms with van der Waals surface area (Å²) >= 11 is 2.11.